The molecule has 0 fully saturated rings. The summed E-state index contributed by atoms with van der Waals surface area (Å²) < 4.78 is 5.22. The highest BCUT2D eigenvalue weighted by Gasteiger charge is 2.21. The highest BCUT2D eigenvalue weighted by molar-refractivity contribution is 6.42. The maximum Gasteiger partial charge on any atom is 0.341 e. The van der Waals surface area contributed by atoms with Crippen LogP contribution in [0.1, 0.15) is 10.4 Å². The number of ether oxygens (including phenoxy) is 1. The van der Waals surface area contributed by atoms with Crippen molar-refractivity contribution in [1.29, 1.82) is 0 Å². The van der Waals surface area contributed by atoms with E-state index in [1.54, 1.807) is 0 Å². The normalized spacial score (nSPS) is 10.2. The van der Waals surface area contributed by atoms with Gasteiger partial charge < -0.3 is 9.84 Å². The second kappa shape index (κ2) is 5.94. The largest absolute Gasteiger partial charge is 0.477 e. The van der Waals surface area contributed by atoms with E-state index in [0.29, 0.717) is 0 Å². The van der Waals surface area contributed by atoms with Crippen LogP contribution in [-0.2, 0) is 0 Å². The predicted molar refractivity (Wildman–Crippen MR) is 74.4 cm³/mol. The first-order valence-electron chi connectivity index (χ1n) is 5.39. The molecule has 0 bridgehead atoms. The monoisotopic (exact) mass is 328 g/mol. The molecular formula is C12H6Cl2N2O5. The summed E-state index contributed by atoms with van der Waals surface area (Å²) in [5, 5.41) is 20.0. The third-order valence-corrected chi connectivity index (χ3v) is 3.13. The Morgan fingerprint density at radius 3 is 2.62 bits per heavy atom. The minimum absolute atomic E-state index is 0.0183. The Labute approximate surface area is 127 Å². The van der Waals surface area contributed by atoms with Crippen LogP contribution in [0, 0.1) is 10.1 Å². The summed E-state index contributed by atoms with van der Waals surface area (Å²) in [5.74, 6) is -1.82. The molecule has 0 aliphatic rings. The van der Waals surface area contributed by atoms with Crippen molar-refractivity contribution in [2.24, 2.45) is 0 Å². The number of hydrogen-bond acceptors (Lipinski definition) is 5. The molecule has 0 aliphatic heterocycles. The van der Waals surface area contributed by atoms with E-state index in [-0.39, 0.29) is 27.2 Å². The second-order valence-corrected chi connectivity index (χ2v) is 4.57. The number of carboxylic acids is 1. The van der Waals surface area contributed by atoms with E-state index in [1.807, 2.05) is 0 Å². The number of benzene rings is 1. The number of nitrogens with zero attached hydrogens (tertiary/aromatic N) is 2. The third-order valence-electron chi connectivity index (χ3n) is 2.41. The average Bonchev–Trinajstić information content (AvgIpc) is 2.42. The number of nitro benzene ring substituents is 1. The van der Waals surface area contributed by atoms with Gasteiger partial charge in [-0.2, -0.15) is 0 Å². The lowest BCUT2D eigenvalue weighted by Gasteiger charge is -2.08. The van der Waals surface area contributed by atoms with E-state index in [9.17, 15) is 14.9 Å². The summed E-state index contributed by atoms with van der Waals surface area (Å²) in [6, 6.07) is 4.80. The van der Waals surface area contributed by atoms with Crippen LogP contribution in [0.5, 0.6) is 11.6 Å². The van der Waals surface area contributed by atoms with Crippen molar-refractivity contribution in [3.63, 3.8) is 0 Å². The van der Waals surface area contributed by atoms with Gasteiger partial charge in [-0.25, -0.2) is 9.78 Å². The van der Waals surface area contributed by atoms with Crippen LogP contribution < -0.4 is 4.74 Å². The summed E-state index contributed by atoms with van der Waals surface area (Å²) in [4.78, 5) is 25.1. The molecule has 2 rings (SSSR count). The SMILES string of the molecule is O=C(O)c1cccnc1Oc1cc(Cl)c(Cl)cc1[N+](=O)[O-]. The molecule has 1 N–H and O–H groups in total. The quantitative estimate of drug-likeness (QED) is 0.676. The molecule has 0 radical (unpaired) electrons. The minimum Gasteiger partial charge on any atom is -0.477 e. The van der Waals surface area contributed by atoms with Crippen LogP contribution >= 0.6 is 23.2 Å². The van der Waals surface area contributed by atoms with Gasteiger partial charge in [0.2, 0.25) is 11.6 Å². The van der Waals surface area contributed by atoms with Crippen molar-refractivity contribution in [2.45, 2.75) is 0 Å². The Balaban J connectivity index is 2.52. The number of carbonyl (C=O) groups is 1. The molecule has 108 valence electrons. The molecule has 0 amide bonds. The van der Waals surface area contributed by atoms with E-state index in [4.69, 9.17) is 33.0 Å². The Hall–Kier alpha value is -2.38. The Morgan fingerprint density at radius 1 is 1.33 bits per heavy atom. The van der Waals surface area contributed by atoms with Gasteiger partial charge in [-0.15, -0.1) is 0 Å². The van der Waals surface area contributed by atoms with Gasteiger partial charge in [-0.3, -0.25) is 10.1 Å². The molecule has 1 aromatic carbocycles. The van der Waals surface area contributed by atoms with Crippen molar-refractivity contribution in [2.75, 3.05) is 0 Å². The van der Waals surface area contributed by atoms with E-state index in [1.165, 1.54) is 18.3 Å². The molecule has 0 unspecified atom stereocenters. The van der Waals surface area contributed by atoms with Gasteiger partial charge in [0.05, 0.1) is 15.0 Å². The lowest BCUT2D eigenvalue weighted by atomic mass is 10.2. The lowest BCUT2D eigenvalue weighted by molar-refractivity contribution is -0.385. The Morgan fingerprint density at radius 2 is 2.00 bits per heavy atom. The summed E-state index contributed by atoms with van der Waals surface area (Å²) in [6.07, 6.45) is 1.30. The molecule has 2 aromatic rings. The predicted octanol–water partition coefficient (Wildman–Crippen LogP) is 3.79. The van der Waals surface area contributed by atoms with Gasteiger partial charge in [0, 0.05) is 18.3 Å². The molecular weight excluding hydrogens is 323 g/mol. The molecule has 0 atom stereocenters. The molecule has 9 heteroatoms. The highest BCUT2D eigenvalue weighted by Crippen LogP contribution is 2.38. The number of aromatic nitrogens is 1. The van der Waals surface area contributed by atoms with Gasteiger partial charge in [0.1, 0.15) is 5.56 Å². The molecule has 7 nitrogen and oxygen atoms in total. The maximum absolute atomic E-state index is 11.1. The van der Waals surface area contributed by atoms with Crippen molar-refractivity contribution < 1.29 is 19.6 Å². The fourth-order valence-corrected chi connectivity index (χ4v) is 1.79. The lowest BCUT2D eigenvalue weighted by Crippen LogP contribution is -2.02. The van der Waals surface area contributed by atoms with Gasteiger partial charge in [-0.1, -0.05) is 23.2 Å². The van der Waals surface area contributed by atoms with Crippen molar-refractivity contribution in [1.82, 2.24) is 4.98 Å². The van der Waals surface area contributed by atoms with Crippen LogP contribution in [-0.4, -0.2) is 21.0 Å². The average molecular weight is 329 g/mol. The number of rotatable bonds is 4. The molecule has 0 spiro atoms. The maximum atomic E-state index is 11.1. The fourth-order valence-electron chi connectivity index (χ4n) is 1.48. The highest BCUT2D eigenvalue weighted by atomic mass is 35.5. The number of hydrogen-bond donors (Lipinski definition) is 1. The zero-order valence-corrected chi connectivity index (χ0v) is 11.6. The van der Waals surface area contributed by atoms with Crippen LogP contribution in [0.2, 0.25) is 10.0 Å². The molecule has 1 aromatic heterocycles. The summed E-state index contributed by atoms with van der Waals surface area (Å²) in [7, 11) is 0. The van der Waals surface area contributed by atoms with Gasteiger partial charge >= 0.3 is 11.7 Å². The number of nitro groups is 1. The third kappa shape index (κ3) is 3.21. The van der Waals surface area contributed by atoms with Crippen LogP contribution in [0.4, 0.5) is 5.69 Å². The zero-order chi connectivity index (χ0) is 15.6. The minimum atomic E-state index is -1.28. The second-order valence-electron chi connectivity index (χ2n) is 3.75. The summed E-state index contributed by atoms with van der Waals surface area (Å²) in [6.45, 7) is 0. The van der Waals surface area contributed by atoms with Crippen LogP contribution in [0.15, 0.2) is 30.5 Å². The molecule has 0 saturated heterocycles. The standard InChI is InChI=1S/C12H6Cl2N2O5/c13-7-4-9(16(19)20)10(5-8(7)14)21-11-6(12(17)18)2-1-3-15-11/h1-5H,(H,17,18). The molecule has 0 saturated carbocycles. The number of halogens is 2. The summed E-state index contributed by atoms with van der Waals surface area (Å²) >= 11 is 11.5. The Bertz CT molecular complexity index is 736. The van der Waals surface area contributed by atoms with Gasteiger partial charge in [0.15, 0.2) is 0 Å². The van der Waals surface area contributed by atoms with E-state index < -0.39 is 16.6 Å². The number of pyridine rings is 1. The first-order valence-corrected chi connectivity index (χ1v) is 6.15. The van der Waals surface area contributed by atoms with E-state index in [2.05, 4.69) is 4.98 Å². The summed E-state index contributed by atoms with van der Waals surface area (Å²) in [5.41, 5.74) is -0.690. The van der Waals surface area contributed by atoms with Crippen molar-refractivity contribution in [3.8, 4) is 11.6 Å². The number of aromatic carboxylic acids is 1. The number of carboxylic acid groups (broad SMARTS) is 1. The van der Waals surface area contributed by atoms with Crippen molar-refractivity contribution >= 4 is 34.9 Å². The zero-order valence-electron chi connectivity index (χ0n) is 10.1. The van der Waals surface area contributed by atoms with Crippen LogP contribution in [0.25, 0.3) is 0 Å². The van der Waals surface area contributed by atoms with E-state index >= 15 is 0 Å². The fraction of sp³-hybridized carbons (Fsp3) is 0. The molecule has 0 aliphatic carbocycles. The Kier molecular flexibility index (Phi) is 4.25. The van der Waals surface area contributed by atoms with Crippen molar-refractivity contribution in [3.05, 3.63) is 56.2 Å². The molecule has 1 heterocycles. The first-order chi connectivity index (χ1) is 9.90. The molecule has 21 heavy (non-hydrogen) atoms. The van der Waals surface area contributed by atoms with Gasteiger partial charge in [-0.05, 0) is 12.1 Å². The topological polar surface area (TPSA) is 103 Å². The van der Waals surface area contributed by atoms with E-state index in [0.717, 1.165) is 12.1 Å². The first kappa shape index (κ1) is 15.0. The van der Waals surface area contributed by atoms with Gasteiger partial charge in [0.25, 0.3) is 0 Å². The smallest absolute Gasteiger partial charge is 0.341 e. The van der Waals surface area contributed by atoms with Crippen LogP contribution in [0.3, 0.4) is 0 Å².